The van der Waals surface area contributed by atoms with Crippen molar-refractivity contribution in [3.8, 4) is 0 Å². The first-order valence-corrected chi connectivity index (χ1v) is 4.60. The fourth-order valence-electron chi connectivity index (χ4n) is 1.69. The molecular weight excluding hydrogens is 194 g/mol. The van der Waals surface area contributed by atoms with E-state index in [-0.39, 0.29) is 11.3 Å². The minimum absolute atomic E-state index is 0.0937. The van der Waals surface area contributed by atoms with Crippen LogP contribution in [0.15, 0.2) is 10.9 Å². The first-order chi connectivity index (χ1) is 7.00. The van der Waals surface area contributed by atoms with Gasteiger partial charge in [0.25, 0.3) is 5.56 Å². The topological polar surface area (TPSA) is 67.2 Å². The van der Waals surface area contributed by atoms with Gasteiger partial charge in [0, 0.05) is 17.5 Å². The molecule has 0 radical (unpaired) electrons. The Bertz CT molecular complexity index is 607. The predicted molar refractivity (Wildman–Crippen MR) is 55.3 cm³/mol. The maximum atomic E-state index is 11.6. The van der Waals surface area contributed by atoms with Gasteiger partial charge in [0.2, 0.25) is 0 Å². The van der Waals surface area contributed by atoms with E-state index < -0.39 is 0 Å². The molecule has 0 aliphatic rings. The van der Waals surface area contributed by atoms with E-state index in [0.717, 1.165) is 0 Å². The number of nitrogens with one attached hydrogen (secondary N) is 1. The molecule has 0 fully saturated rings. The quantitative estimate of drug-likeness (QED) is 0.701. The number of hydrogen-bond donors (Lipinski definition) is 1. The number of fused-ring (bicyclic) bond motifs is 1. The van der Waals surface area contributed by atoms with Crippen LogP contribution in [0.3, 0.4) is 0 Å². The van der Waals surface area contributed by atoms with Gasteiger partial charge in [0.05, 0.1) is 5.56 Å². The molecule has 5 heteroatoms. The fraction of sp³-hybridized carbons (Fsp3) is 0.300. The lowest BCUT2D eigenvalue weighted by Gasteiger charge is -1.95. The number of ketones is 1. The lowest BCUT2D eigenvalue weighted by atomic mass is 10.2. The number of hydrogen-bond acceptors (Lipinski definition) is 3. The molecule has 0 spiro atoms. The molecule has 0 amide bonds. The van der Waals surface area contributed by atoms with Crippen molar-refractivity contribution in [3.63, 3.8) is 0 Å². The monoisotopic (exact) mass is 205 g/mol. The Hall–Kier alpha value is -1.91. The second-order valence-electron chi connectivity index (χ2n) is 3.56. The number of aryl methyl sites for hydroxylation is 2. The largest absolute Gasteiger partial charge is 0.294 e. The summed E-state index contributed by atoms with van der Waals surface area (Å²) < 4.78 is 1.29. The van der Waals surface area contributed by atoms with Gasteiger partial charge < -0.3 is 0 Å². The van der Waals surface area contributed by atoms with E-state index in [1.54, 1.807) is 13.8 Å². The van der Waals surface area contributed by atoms with E-state index in [9.17, 15) is 9.59 Å². The van der Waals surface area contributed by atoms with Gasteiger partial charge in [-0.15, -0.1) is 0 Å². The van der Waals surface area contributed by atoms with Crippen LogP contribution in [0.5, 0.6) is 0 Å². The van der Waals surface area contributed by atoms with Gasteiger partial charge in [-0.25, -0.2) is 9.50 Å². The van der Waals surface area contributed by atoms with Crippen LogP contribution in [0.25, 0.3) is 5.65 Å². The molecule has 2 aromatic heterocycles. The summed E-state index contributed by atoms with van der Waals surface area (Å²) >= 11 is 0. The number of nitrogens with zero attached hydrogens (tertiary/aromatic N) is 2. The minimum Gasteiger partial charge on any atom is -0.294 e. The Morgan fingerprint density at radius 1 is 1.47 bits per heavy atom. The molecule has 2 rings (SSSR count). The third-order valence-electron chi connectivity index (χ3n) is 2.28. The molecule has 0 saturated carbocycles. The third-order valence-corrected chi connectivity index (χ3v) is 2.28. The van der Waals surface area contributed by atoms with Crippen molar-refractivity contribution in [2.45, 2.75) is 20.8 Å². The van der Waals surface area contributed by atoms with Crippen molar-refractivity contribution in [1.29, 1.82) is 0 Å². The van der Waals surface area contributed by atoms with Crippen molar-refractivity contribution in [2.24, 2.45) is 0 Å². The van der Waals surface area contributed by atoms with E-state index in [1.807, 2.05) is 0 Å². The smallest absolute Gasteiger partial charge is 0.272 e. The molecule has 0 aromatic carbocycles. The molecule has 2 aromatic rings. The highest BCUT2D eigenvalue weighted by Crippen LogP contribution is 2.12. The summed E-state index contributed by atoms with van der Waals surface area (Å²) in [6, 6.07) is 1.42. The van der Waals surface area contributed by atoms with Gasteiger partial charge >= 0.3 is 0 Å². The molecule has 0 saturated heterocycles. The minimum atomic E-state index is -0.201. The normalized spacial score (nSPS) is 10.9. The van der Waals surface area contributed by atoms with Crippen LogP contribution in [0.1, 0.15) is 28.7 Å². The van der Waals surface area contributed by atoms with E-state index >= 15 is 0 Å². The molecule has 78 valence electrons. The van der Waals surface area contributed by atoms with Gasteiger partial charge in [-0.3, -0.25) is 14.7 Å². The molecule has 0 unspecified atom stereocenters. The average Bonchev–Trinajstić information content (AvgIpc) is 2.41. The third kappa shape index (κ3) is 1.36. The number of H-pyrrole nitrogens is 1. The van der Waals surface area contributed by atoms with Crippen molar-refractivity contribution >= 4 is 11.4 Å². The van der Waals surface area contributed by atoms with Crippen LogP contribution in [0, 0.1) is 13.8 Å². The van der Waals surface area contributed by atoms with Crippen molar-refractivity contribution in [1.82, 2.24) is 14.6 Å². The molecule has 1 N–H and O–H groups in total. The van der Waals surface area contributed by atoms with E-state index in [0.29, 0.717) is 22.6 Å². The second kappa shape index (κ2) is 3.05. The van der Waals surface area contributed by atoms with Crippen LogP contribution in [0.4, 0.5) is 0 Å². The maximum absolute atomic E-state index is 11.6. The second-order valence-corrected chi connectivity index (χ2v) is 3.56. The van der Waals surface area contributed by atoms with Crippen LogP contribution in [0.2, 0.25) is 0 Å². The summed E-state index contributed by atoms with van der Waals surface area (Å²) in [6.45, 7) is 4.94. The number of Topliss-reactive ketones (excluding diaryl/α,β-unsaturated/α-hetero) is 1. The number of carbonyl (C=O) groups is 1. The first-order valence-electron chi connectivity index (χ1n) is 4.60. The number of aromatic nitrogens is 3. The molecule has 0 aliphatic carbocycles. The summed E-state index contributed by atoms with van der Waals surface area (Å²) in [5.41, 5.74) is 1.97. The van der Waals surface area contributed by atoms with Gasteiger partial charge in [-0.1, -0.05) is 0 Å². The number of carbonyl (C=O) groups excluding carboxylic acids is 1. The van der Waals surface area contributed by atoms with E-state index in [4.69, 9.17) is 0 Å². The van der Waals surface area contributed by atoms with E-state index in [2.05, 4.69) is 10.1 Å². The van der Waals surface area contributed by atoms with Crippen LogP contribution < -0.4 is 5.56 Å². The Morgan fingerprint density at radius 2 is 2.13 bits per heavy atom. The summed E-state index contributed by atoms with van der Waals surface area (Å²) in [4.78, 5) is 27.1. The number of rotatable bonds is 1. The molecule has 2 heterocycles. The molecule has 0 bridgehead atoms. The Morgan fingerprint density at radius 3 is 2.73 bits per heavy atom. The maximum Gasteiger partial charge on any atom is 0.272 e. The van der Waals surface area contributed by atoms with Crippen molar-refractivity contribution < 1.29 is 4.79 Å². The molecule has 0 aliphatic heterocycles. The van der Waals surface area contributed by atoms with Crippen molar-refractivity contribution in [3.05, 3.63) is 33.4 Å². The van der Waals surface area contributed by atoms with Gasteiger partial charge in [-0.05, 0) is 20.8 Å². The molecule has 0 atom stereocenters. The van der Waals surface area contributed by atoms with E-state index in [1.165, 1.54) is 17.5 Å². The summed E-state index contributed by atoms with van der Waals surface area (Å²) in [7, 11) is 0. The van der Waals surface area contributed by atoms with Crippen LogP contribution in [-0.2, 0) is 0 Å². The zero-order chi connectivity index (χ0) is 11.2. The highest BCUT2D eigenvalue weighted by Gasteiger charge is 2.14. The lowest BCUT2D eigenvalue weighted by Crippen LogP contribution is -2.14. The molecule has 15 heavy (non-hydrogen) atoms. The summed E-state index contributed by atoms with van der Waals surface area (Å²) in [5, 5.41) is 2.82. The van der Waals surface area contributed by atoms with Gasteiger partial charge in [0.1, 0.15) is 0 Å². The SMILES string of the molecule is CC(=O)c1c(C)[nH]n2c(=O)cc(C)nc12. The summed E-state index contributed by atoms with van der Waals surface area (Å²) in [6.07, 6.45) is 0. The fourth-order valence-corrected chi connectivity index (χ4v) is 1.69. The standard InChI is InChI=1S/C10H11N3O2/c1-5-4-8(15)13-10(11-5)9(7(3)14)6(2)12-13/h4,12H,1-3H3. The lowest BCUT2D eigenvalue weighted by molar-refractivity contribution is 0.101. The highest BCUT2D eigenvalue weighted by atomic mass is 16.1. The Labute approximate surface area is 85.7 Å². The Balaban J connectivity index is 2.99. The van der Waals surface area contributed by atoms with Gasteiger partial charge in [0.15, 0.2) is 11.4 Å². The average molecular weight is 205 g/mol. The van der Waals surface area contributed by atoms with Crippen molar-refractivity contribution in [2.75, 3.05) is 0 Å². The predicted octanol–water partition coefficient (Wildman–Crippen LogP) is 0.842. The Kier molecular flexibility index (Phi) is 1.96. The van der Waals surface area contributed by atoms with Gasteiger partial charge in [-0.2, -0.15) is 0 Å². The zero-order valence-electron chi connectivity index (χ0n) is 8.79. The highest BCUT2D eigenvalue weighted by molar-refractivity contribution is 6.00. The number of aromatic amines is 1. The van der Waals surface area contributed by atoms with Crippen LogP contribution in [-0.4, -0.2) is 20.4 Å². The summed E-state index contributed by atoms with van der Waals surface area (Å²) in [5.74, 6) is -0.0937. The van der Waals surface area contributed by atoms with Crippen LogP contribution >= 0.6 is 0 Å². The first kappa shape index (κ1) is 9.64. The zero-order valence-corrected chi connectivity index (χ0v) is 8.79. The molecule has 5 nitrogen and oxygen atoms in total. The molecular formula is C10H11N3O2.